The molecule has 1 aliphatic rings. The van der Waals surface area contributed by atoms with Crippen LogP contribution in [0.15, 0.2) is 30.7 Å². The number of methoxy groups -OCH3 is 1. The molecular weight excluding hydrogens is 306 g/mol. The molecule has 0 saturated carbocycles. The lowest BCUT2D eigenvalue weighted by atomic mass is 10.0. The van der Waals surface area contributed by atoms with Gasteiger partial charge >= 0.3 is 0 Å². The van der Waals surface area contributed by atoms with E-state index in [2.05, 4.69) is 15.5 Å². The highest BCUT2D eigenvalue weighted by molar-refractivity contribution is 5.84. The fourth-order valence-corrected chi connectivity index (χ4v) is 3.12. The maximum atomic E-state index is 12.7. The minimum absolute atomic E-state index is 0.00866. The van der Waals surface area contributed by atoms with E-state index in [4.69, 9.17) is 9.47 Å². The smallest absolute Gasteiger partial charge is 0.254 e. The van der Waals surface area contributed by atoms with Crippen LogP contribution >= 0.6 is 0 Å². The first-order chi connectivity index (χ1) is 11.5. The number of hydrogen-bond donors (Lipinski definition) is 0. The van der Waals surface area contributed by atoms with Crippen LogP contribution in [-0.2, 0) is 20.7 Å². The van der Waals surface area contributed by atoms with E-state index >= 15 is 0 Å². The minimum atomic E-state index is -0.811. The second-order valence-corrected chi connectivity index (χ2v) is 6.79. The van der Waals surface area contributed by atoms with Gasteiger partial charge in [0.05, 0.1) is 24.4 Å². The molecule has 3 rings (SSSR count). The summed E-state index contributed by atoms with van der Waals surface area (Å²) in [5, 5.41) is 0. The summed E-state index contributed by atoms with van der Waals surface area (Å²) < 4.78 is 13.1. The highest BCUT2D eigenvalue weighted by Gasteiger charge is 2.34. The zero-order valence-electron chi connectivity index (χ0n) is 14.6. The molecule has 0 radical (unpaired) electrons. The van der Waals surface area contributed by atoms with Crippen LogP contribution in [0.25, 0.3) is 5.52 Å². The number of fused-ring (bicyclic) bond motifs is 1. The molecular formula is C18H25N3O3. The molecule has 0 N–H and O–H groups in total. The van der Waals surface area contributed by atoms with Gasteiger partial charge in [0, 0.05) is 44.7 Å². The van der Waals surface area contributed by atoms with Crippen LogP contribution in [0.2, 0.25) is 0 Å². The average molecular weight is 331 g/mol. The van der Waals surface area contributed by atoms with E-state index in [0.717, 1.165) is 17.6 Å². The number of carbonyl (C=O) groups excluding carboxylic acids is 1. The Morgan fingerprint density at radius 2 is 2.29 bits per heavy atom. The zero-order chi connectivity index (χ0) is 17.2. The maximum Gasteiger partial charge on any atom is 0.254 e. The molecule has 1 aliphatic heterocycles. The second-order valence-electron chi connectivity index (χ2n) is 6.79. The van der Waals surface area contributed by atoms with Crippen molar-refractivity contribution in [2.45, 2.75) is 25.9 Å². The fourth-order valence-electron chi connectivity index (χ4n) is 3.12. The summed E-state index contributed by atoms with van der Waals surface area (Å²) in [5.41, 5.74) is 1.34. The topological polar surface area (TPSA) is 56.1 Å². The second kappa shape index (κ2) is 6.91. The number of amides is 1. The molecule has 1 atom stereocenters. The number of carbonyl (C=O) groups is 1. The van der Waals surface area contributed by atoms with Crippen molar-refractivity contribution in [1.29, 1.82) is 0 Å². The highest BCUT2D eigenvalue weighted by Crippen LogP contribution is 2.20. The summed E-state index contributed by atoms with van der Waals surface area (Å²) >= 11 is 0. The van der Waals surface area contributed by atoms with Crippen LogP contribution in [0.4, 0.5) is 0 Å². The number of aromatic nitrogens is 2. The summed E-state index contributed by atoms with van der Waals surface area (Å²) in [6.45, 7) is 6.07. The highest BCUT2D eigenvalue weighted by atomic mass is 16.5. The lowest BCUT2D eigenvalue weighted by molar-refractivity contribution is -0.151. The molecule has 1 amide bonds. The number of hydrogen-bond acceptors (Lipinski definition) is 4. The van der Waals surface area contributed by atoms with Gasteiger partial charge in [0.25, 0.3) is 5.91 Å². The third-order valence-electron chi connectivity index (χ3n) is 4.66. The van der Waals surface area contributed by atoms with Gasteiger partial charge < -0.3 is 18.8 Å². The van der Waals surface area contributed by atoms with Gasteiger partial charge in [0.2, 0.25) is 0 Å². The third kappa shape index (κ3) is 3.44. The van der Waals surface area contributed by atoms with Gasteiger partial charge in [0.1, 0.15) is 5.60 Å². The first-order valence-electron chi connectivity index (χ1n) is 8.34. The van der Waals surface area contributed by atoms with Gasteiger partial charge in [-0.2, -0.15) is 0 Å². The Hall–Kier alpha value is -1.92. The Labute approximate surface area is 142 Å². The molecule has 2 aromatic heterocycles. The molecule has 0 bridgehead atoms. The van der Waals surface area contributed by atoms with Crippen molar-refractivity contribution in [2.75, 3.05) is 33.4 Å². The summed E-state index contributed by atoms with van der Waals surface area (Å²) in [6, 6.07) is 4.08. The van der Waals surface area contributed by atoms with Crippen molar-refractivity contribution in [2.24, 2.45) is 5.92 Å². The Bertz CT molecular complexity index is 710. The Morgan fingerprint density at radius 3 is 3.08 bits per heavy atom. The predicted molar refractivity (Wildman–Crippen MR) is 90.9 cm³/mol. The van der Waals surface area contributed by atoms with Crippen LogP contribution in [-0.4, -0.2) is 59.2 Å². The Kier molecular flexibility index (Phi) is 4.87. The normalized spacial score (nSPS) is 19.5. The van der Waals surface area contributed by atoms with Gasteiger partial charge in [-0.05, 0) is 32.4 Å². The van der Waals surface area contributed by atoms with Crippen LogP contribution in [0.1, 0.15) is 19.5 Å². The van der Waals surface area contributed by atoms with E-state index in [1.807, 2.05) is 29.6 Å². The van der Waals surface area contributed by atoms with E-state index in [0.29, 0.717) is 26.3 Å². The van der Waals surface area contributed by atoms with Crippen LogP contribution in [0, 0.1) is 5.92 Å². The molecule has 6 heteroatoms. The van der Waals surface area contributed by atoms with E-state index < -0.39 is 5.60 Å². The number of ether oxygens (including phenoxy) is 2. The first kappa shape index (κ1) is 16.9. The lowest BCUT2D eigenvalue weighted by Gasteiger charge is -2.31. The average Bonchev–Trinajstić information content (AvgIpc) is 2.95. The van der Waals surface area contributed by atoms with Crippen LogP contribution in [0.3, 0.4) is 0 Å². The molecule has 3 heterocycles. The summed E-state index contributed by atoms with van der Waals surface area (Å²) in [7, 11) is 1.57. The van der Waals surface area contributed by atoms with Gasteiger partial charge in [-0.1, -0.05) is 0 Å². The van der Waals surface area contributed by atoms with E-state index in [1.165, 1.54) is 0 Å². The molecule has 1 unspecified atom stereocenters. The van der Waals surface area contributed by atoms with Crippen molar-refractivity contribution >= 4 is 11.4 Å². The zero-order valence-corrected chi connectivity index (χ0v) is 14.6. The summed E-state index contributed by atoms with van der Waals surface area (Å²) in [6.07, 6.45) is 6.56. The van der Waals surface area contributed by atoms with E-state index in [1.54, 1.807) is 21.0 Å². The van der Waals surface area contributed by atoms with E-state index in [-0.39, 0.29) is 11.8 Å². The molecule has 6 nitrogen and oxygen atoms in total. The van der Waals surface area contributed by atoms with Crippen molar-refractivity contribution in [1.82, 2.24) is 14.3 Å². The summed E-state index contributed by atoms with van der Waals surface area (Å²) in [5.74, 6) is 0.229. The lowest BCUT2D eigenvalue weighted by Crippen LogP contribution is -2.48. The quantitative estimate of drug-likeness (QED) is 0.857. The predicted octanol–water partition coefficient (Wildman–Crippen LogP) is 1.78. The fraction of sp³-hybridized carbons (Fsp3) is 0.556. The Balaban J connectivity index is 1.76. The van der Waals surface area contributed by atoms with Crippen LogP contribution < -0.4 is 0 Å². The maximum absolute atomic E-state index is 12.7. The summed E-state index contributed by atoms with van der Waals surface area (Å²) in [4.78, 5) is 19.1. The SMILES string of the molecule is COC(C)(C)C(=O)N1CCOCC(Cc2nccn3cccc23)C1. The molecule has 0 spiro atoms. The van der Waals surface area contributed by atoms with Gasteiger partial charge in [0.15, 0.2) is 0 Å². The molecule has 1 saturated heterocycles. The third-order valence-corrected chi connectivity index (χ3v) is 4.66. The van der Waals surface area contributed by atoms with Gasteiger partial charge in [-0.25, -0.2) is 0 Å². The molecule has 0 aliphatic carbocycles. The van der Waals surface area contributed by atoms with Gasteiger partial charge in [-0.15, -0.1) is 0 Å². The standard InChI is InChI=1S/C18H25N3O3/c1-18(2,23-3)17(22)21-9-10-24-13-14(12-21)11-15-16-5-4-7-20(16)8-6-19-15/h4-8,14H,9-13H2,1-3H3. The number of rotatable bonds is 4. The first-order valence-corrected chi connectivity index (χ1v) is 8.34. The largest absolute Gasteiger partial charge is 0.379 e. The van der Waals surface area contributed by atoms with Crippen LogP contribution in [0.5, 0.6) is 0 Å². The van der Waals surface area contributed by atoms with Gasteiger partial charge in [-0.3, -0.25) is 9.78 Å². The van der Waals surface area contributed by atoms with Crippen molar-refractivity contribution in [3.8, 4) is 0 Å². The van der Waals surface area contributed by atoms with Crippen molar-refractivity contribution < 1.29 is 14.3 Å². The molecule has 1 fully saturated rings. The molecule has 0 aromatic carbocycles. The van der Waals surface area contributed by atoms with E-state index in [9.17, 15) is 4.79 Å². The molecule has 2 aromatic rings. The molecule has 24 heavy (non-hydrogen) atoms. The van der Waals surface area contributed by atoms with Crippen molar-refractivity contribution in [3.05, 3.63) is 36.4 Å². The number of nitrogens with zero attached hydrogens (tertiary/aromatic N) is 3. The Morgan fingerprint density at radius 1 is 1.46 bits per heavy atom. The monoisotopic (exact) mass is 331 g/mol. The van der Waals surface area contributed by atoms with Crippen molar-refractivity contribution in [3.63, 3.8) is 0 Å². The molecule has 130 valence electrons. The minimum Gasteiger partial charge on any atom is -0.379 e.